The Morgan fingerprint density at radius 3 is 2.12 bits per heavy atom. The van der Waals surface area contributed by atoms with Crippen molar-refractivity contribution >= 4 is 39.0 Å². The zero-order chi connectivity index (χ0) is 30.1. The Bertz CT molecular complexity index is 1520. The third-order valence-electron chi connectivity index (χ3n) is 6.94. The number of aliphatic hydroxyl groups excluding tert-OH is 1. The fraction of sp³-hybridized carbons (Fsp3) is 0.393. The number of hydrogen-bond acceptors (Lipinski definition) is 9. The zero-order valence-corrected chi connectivity index (χ0v) is 24.4. The van der Waals surface area contributed by atoms with Crippen LogP contribution in [0, 0.1) is 13.1 Å². The van der Waals surface area contributed by atoms with Gasteiger partial charge in [-0.1, -0.05) is 18.2 Å². The second-order valence-electron chi connectivity index (χ2n) is 9.90. The van der Waals surface area contributed by atoms with E-state index in [4.69, 9.17) is 18.3 Å². The van der Waals surface area contributed by atoms with Gasteiger partial charge in [0.05, 0.1) is 25.4 Å². The van der Waals surface area contributed by atoms with Crippen molar-refractivity contribution in [3.8, 4) is 0 Å². The van der Waals surface area contributed by atoms with Crippen molar-refractivity contribution in [2.45, 2.75) is 32.5 Å². The smallest absolute Gasteiger partial charge is 0.302 e. The van der Waals surface area contributed by atoms with Gasteiger partial charge in [0, 0.05) is 63.7 Å². The molecule has 2 saturated heterocycles. The van der Waals surface area contributed by atoms with Gasteiger partial charge >= 0.3 is 10.2 Å². The fourth-order valence-corrected chi connectivity index (χ4v) is 5.96. The molecule has 0 amide bonds. The number of nitrogens with zero attached hydrogens (tertiary/aromatic N) is 8. The largest absolute Gasteiger partial charge is 0.390 e. The Morgan fingerprint density at radius 2 is 1.60 bits per heavy atom. The molecular formula is C28H34N10O3S. The highest BCUT2D eigenvalue weighted by atomic mass is 32.2. The van der Waals surface area contributed by atoms with Crippen molar-refractivity contribution in [1.29, 1.82) is 0 Å². The lowest BCUT2D eigenvalue weighted by Gasteiger charge is -2.39. The summed E-state index contributed by atoms with van der Waals surface area (Å²) in [6.07, 6.45) is 3.15. The molecule has 3 aromatic heterocycles. The molecule has 0 radical (unpaired) electrons. The number of hydrogen-bond donors (Lipinski definition) is 3. The standard InChI is InChI=1S/C17H20N6O3S.C11H14N4/c1-13-11-22(8-9-23(13)17-7-6-14(18-2)10-19-17)27(25,26)21-16-5-3-4-15(12-24)20-16;1-9-7-13-5-6-15(9)11-4-3-10(12-2)8-14-11/h3-7,10,13,24H,8-9,11-12H2,1H3,(H,20,21);3-4,8-9,13H,5-7H2,1H3/t13-;9-/m00/s1. The lowest BCUT2D eigenvalue weighted by molar-refractivity contribution is 0.277. The maximum atomic E-state index is 12.7. The van der Waals surface area contributed by atoms with E-state index in [0.717, 1.165) is 31.3 Å². The van der Waals surface area contributed by atoms with Gasteiger partial charge in [-0.3, -0.25) is 14.7 Å². The van der Waals surface area contributed by atoms with Crippen molar-refractivity contribution in [3.05, 3.63) is 83.4 Å². The van der Waals surface area contributed by atoms with Crippen LogP contribution in [0.5, 0.6) is 0 Å². The third-order valence-corrected chi connectivity index (χ3v) is 8.42. The van der Waals surface area contributed by atoms with Gasteiger partial charge in [-0.05, 0) is 38.1 Å². The Hall–Kier alpha value is -4.34. The van der Waals surface area contributed by atoms with Crippen LogP contribution in [0.1, 0.15) is 19.5 Å². The molecule has 3 N–H and O–H groups in total. The van der Waals surface area contributed by atoms with Crippen LogP contribution in [0.15, 0.2) is 54.9 Å². The number of pyridine rings is 3. The number of anilines is 3. The Balaban J connectivity index is 0.000000227. The van der Waals surface area contributed by atoms with Crippen LogP contribution in [0.2, 0.25) is 0 Å². The lowest BCUT2D eigenvalue weighted by atomic mass is 10.2. The molecule has 2 aliphatic rings. The predicted molar refractivity (Wildman–Crippen MR) is 162 cm³/mol. The fourth-order valence-electron chi connectivity index (χ4n) is 4.71. The molecule has 2 atom stereocenters. The van der Waals surface area contributed by atoms with E-state index in [-0.39, 0.29) is 18.5 Å². The molecule has 0 aromatic carbocycles. The highest BCUT2D eigenvalue weighted by molar-refractivity contribution is 7.90. The second-order valence-corrected chi connectivity index (χ2v) is 11.6. The quantitative estimate of drug-likeness (QED) is 0.371. The number of nitrogens with one attached hydrogen (secondary N) is 2. The molecule has 13 nitrogen and oxygen atoms in total. The summed E-state index contributed by atoms with van der Waals surface area (Å²) in [5.41, 5.74) is 1.46. The van der Waals surface area contributed by atoms with Crippen LogP contribution in [-0.2, 0) is 16.8 Å². The van der Waals surface area contributed by atoms with Crippen LogP contribution in [0.25, 0.3) is 9.69 Å². The molecule has 0 unspecified atom stereocenters. The second kappa shape index (κ2) is 14.0. The molecule has 0 aliphatic carbocycles. The summed E-state index contributed by atoms with van der Waals surface area (Å²) in [5.74, 6) is 1.86. The van der Waals surface area contributed by atoms with E-state index in [1.807, 2.05) is 24.0 Å². The van der Waals surface area contributed by atoms with Crippen molar-refractivity contribution in [2.24, 2.45) is 0 Å². The molecule has 3 aromatic rings. The summed E-state index contributed by atoms with van der Waals surface area (Å²) in [7, 11) is -3.76. The first-order chi connectivity index (χ1) is 20.2. The van der Waals surface area contributed by atoms with Gasteiger partial charge in [-0.2, -0.15) is 12.7 Å². The SMILES string of the molecule is [C-]#[N+]c1ccc(N2CCN(S(=O)(=O)Nc3cccc(CO)n3)C[C@@H]2C)nc1.[C-]#[N+]c1ccc(N2CCNC[C@@H]2C)nc1. The summed E-state index contributed by atoms with van der Waals surface area (Å²) in [6.45, 7) is 21.7. The monoisotopic (exact) mass is 590 g/mol. The van der Waals surface area contributed by atoms with Crippen LogP contribution in [-0.4, -0.2) is 84.1 Å². The molecule has 5 rings (SSSR count). The number of piperazine rings is 2. The number of rotatable bonds is 6. The van der Waals surface area contributed by atoms with Gasteiger partial charge in [0.2, 0.25) is 11.4 Å². The predicted octanol–water partition coefficient (Wildman–Crippen LogP) is 2.82. The van der Waals surface area contributed by atoms with Crippen molar-refractivity contribution in [1.82, 2.24) is 24.6 Å². The molecule has 2 aliphatic heterocycles. The van der Waals surface area contributed by atoms with E-state index < -0.39 is 10.2 Å². The van der Waals surface area contributed by atoms with Crippen LogP contribution >= 0.6 is 0 Å². The molecule has 220 valence electrons. The molecular weight excluding hydrogens is 556 g/mol. The lowest BCUT2D eigenvalue weighted by Crippen LogP contribution is -2.55. The summed E-state index contributed by atoms with van der Waals surface area (Å²) < 4.78 is 29.2. The topological polar surface area (TPSA) is 136 Å². The molecule has 0 bridgehead atoms. The molecule has 0 spiro atoms. The van der Waals surface area contributed by atoms with Gasteiger partial charge in [-0.15, -0.1) is 0 Å². The molecule has 42 heavy (non-hydrogen) atoms. The van der Waals surface area contributed by atoms with Crippen molar-refractivity contribution < 1.29 is 13.5 Å². The normalized spacial score (nSPS) is 19.2. The minimum Gasteiger partial charge on any atom is -0.390 e. The van der Waals surface area contributed by atoms with E-state index in [1.165, 1.54) is 10.5 Å². The average Bonchev–Trinajstić information content (AvgIpc) is 3.01. The minimum atomic E-state index is -3.76. The highest BCUT2D eigenvalue weighted by Gasteiger charge is 2.32. The molecule has 2 fully saturated rings. The van der Waals surface area contributed by atoms with E-state index >= 15 is 0 Å². The van der Waals surface area contributed by atoms with Gasteiger partial charge in [0.15, 0.2) is 0 Å². The maximum Gasteiger partial charge on any atom is 0.302 e. The molecule has 5 heterocycles. The van der Waals surface area contributed by atoms with E-state index in [9.17, 15) is 8.42 Å². The van der Waals surface area contributed by atoms with E-state index in [2.05, 4.69) is 46.5 Å². The average molecular weight is 591 g/mol. The maximum absolute atomic E-state index is 12.7. The van der Waals surface area contributed by atoms with Gasteiger partial charge < -0.3 is 20.2 Å². The molecule has 0 saturated carbocycles. The third kappa shape index (κ3) is 7.69. The van der Waals surface area contributed by atoms with Crippen molar-refractivity contribution in [3.63, 3.8) is 0 Å². The summed E-state index contributed by atoms with van der Waals surface area (Å²) in [4.78, 5) is 23.6. The number of aliphatic hydroxyl groups is 1. The number of aromatic nitrogens is 3. The summed E-state index contributed by atoms with van der Waals surface area (Å²) in [5, 5.41) is 12.5. The van der Waals surface area contributed by atoms with E-state index in [0.29, 0.717) is 42.7 Å². The highest BCUT2D eigenvalue weighted by Crippen LogP contribution is 2.23. The Kier molecular flexibility index (Phi) is 10.2. The van der Waals surface area contributed by atoms with Gasteiger partial charge in [-0.25, -0.2) is 14.7 Å². The van der Waals surface area contributed by atoms with Crippen LogP contribution in [0.3, 0.4) is 0 Å². The minimum absolute atomic E-state index is 0.0849. The van der Waals surface area contributed by atoms with Gasteiger partial charge in [0.1, 0.15) is 17.5 Å². The van der Waals surface area contributed by atoms with Gasteiger partial charge in [0.25, 0.3) is 0 Å². The zero-order valence-electron chi connectivity index (χ0n) is 23.6. The first-order valence-corrected chi connectivity index (χ1v) is 14.9. The first kappa shape index (κ1) is 30.6. The molecule has 14 heteroatoms. The van der Waals surface area contributed by atoms with Crippen molar-refractivity contribution in [2.75, 3.05) is 53.8 Å². The first-order valence-electron chi connectivity index (χ1n) is 13.5. The summed E-state index contributed by atoms with van der Waals surface area (Å²) >= 11 is 0. The Labute approximate surface area is 246 Å². The van der Waals surface area contributed by atoms with E-state index in [1.54, 1.807) is 36.5 Å². The Morgan fingerprint density at radius 1 is 0.952 bits per heavy atom. The summed E-state index contributed by atoms with van der Waals surface area (Å²) in [6, 6.07) is 12.4. The van der Waals surface area contributed by atoms with Crippen LogP contribution < -0.4 is 19.8 Å². The van der Waals surface area contributed by atoms with Crippen LogP contribution in [0.4, 0.5) is 28.8 Å².